The highest BCUT2D eigenvalue weighted by molar-refractivity contribution is 7.10. The molecule has 4 aromatic heterocycles. The molecule has 6 aromatic rings. The van der Waals surface area contributed by atoms with Crippen molar-refractivity contribution in [1.82, 2.24) is 29.5 Å². The number of aromatic nitrogens is 6. The molecule has 1 saturated heterocycles. The number of nitrogens with one attached hydrogen (secondary N) is 2. The van der Waals surface area contributed by atoms with Gasteiger partial charge in [0.2, 0.25) is 5.95 Å². The minimum Gasteiger partial charge on any atom is -0.356 e. The topological polar surface area (TPSA) is 121 Å². The lowest BCUT2D eigenvalue weighted by Crippen LogP contribution is -2.34. The molecule has 41 heavy (non-hydrogen) atoms. The van der Waals surface area contributed by atoms with Gasteiger partial charge >= 0.3 is 0 Å². The molecule has 5 heterocycles. The highest BCUT2D eigenvalue weighted by Crippen LogP contribution is 2.32. The van der Waals surface area contributed by atoms with E-state index in [-0.39, 0.29) is 11.7 Å². The third-order valence-corrected chi connectivity index (χ3v) is 8.40. The van der Waals surface area contributed by atoms with Crippen LogP contribution in [0.5, 0.6) is 0 Å². The number of imidazole rings is 1. The predicted octanol–water partition coefficient (Wildman–Crippen LogP) is 5.24. The van der Waals surface area contributed by atoms with E-state index in [1.54, 1.807) is 35.7 Å². The second-order valence-electron chi connectivity index (χ2n) is 10.2. The first-order valence-corrected chi connectivity index (χ1v) is 14.3. The molecule has 2 N–H and O–H groups in total. The molecule has 1 fully saturated rings. The van der Waals surface area contributed by atoms with Crippen LogP contribution in [0.3, 0.4) is 0 Å². The number of carbonyl (C=O) groups is 2. The lowest BCUT2D eigenvalue weighted by molar-refractivity contribution is 0.101. The van der Waals surface area contributed by atoms with E-state index in [1.807, 2.05) is 48.0 Å². The smallest absolute Gasteiger partial charge is 0.277 e. The zero-order chi connectivity index (χ0) is 27.9. The first kappa shape index (κ1) is 25.1. The maximum Gasteiger partial charge on any atom is 0.277 e. The monoisotopic (exact) mass is 562 g/mol. The van der Waals surface area contributed by atoms with Crippen LogP contribution in [0, 0.1) is 6.92 Å². The van der Waals surface area contributed by atoms with E-state index in [1.165, 1.54) is 11.3 Å². The van der Waals surface area contributed by atoms with Gasteiger partial charge < -0.3 is 9.88 Å². The Morgan fingerprint density at radius 3 is 2.66 bits per heavy atom. The molecule has 0 bridgehead atoms. The number of carbonyl (C=O) groups excluding carboxylic acids is 2. The molecule has 0 atom stereocenters. The van der Waals surface area contributed by atoms with Crippen molar-refractivity contribution in [1.29, 1.82) is 0 Å². The van der Waals surface area contributed by atoms with Crippen molar-refractivity contribution in [3.8, 4) is 0 Å². The van der Waals surface area contributed by atoms with Gasteiger partial charge in [0.15, 0.2) is 11.4 Å². The van der Waals surface area contributed by atoms with Crippen LogP contribution < -0.4 is 10.2 Å². The normalized spacial score (nSPS) is 14.1. The number of thiazole rings is 1. The minimum atomic E-state index is -0.321. The summed E-state index contributed by atoms with van der Waals surface area (Å²) in [5, 5.41) is 10.2. The Hall–Kier alpha value is -4.90. The Morgan fingerprint density at radius 1 is 1.00 bits per heavy atom. The van der Waals surface area contributed by atoms with Crippen molar-refractivity contribution >= 4 is 51.5 Å². The summed E-state index contributed by atoms with van der Waals surface area (Å²) < 4.78 is 1.90. The Morgan fingerprint density at radius 2 is 1.83 bits per heavy atom. The van der Waals surface area contributed by atoms with Crippen molar-refractivity contribution in [3.05, 3.63) is 99.8 Å². The molecule has 2 aromatic carbocycles. The molecule has 7 rings (SSSR count). The van der Waals surface area contributed by atoms with Gasteiger partial charge in [-0.05, 0) is 44.0 Å². The van der Waals surface area contributed by atoms with E-state index in [9.17, 15) is 9.59 Å². The fourth-order valence-electron chi connectivity index (χ4n) is 5.31. The summed E-state index contributed by atoms with van der Waals surface area (Å²) in [6.07, 6.45) is 3.70. The highest BCUT2D eigenvalue weighted by atomic mass is 32.1. The van der Waals surface area contributed by atoms with Crippen LogP contribution in [-0.2, 0) is 0 Å². The maximum atomic E-state index is 13.0. The number of benzene rings is 2. The molecule has 1 aliphatic heterocycles. The van der Waals surface area contributed by atoms with Gasteiger partial charge in [-0.3, -0.25) is 14.9 Å². The summed E-state index contributed by atoms with van der Waals surface area (Å²) in [4.78, 5) is 44.8. The molecule has 0 spiro atoms. The fourth-order valence-corrected chi connectivity index (χ4v) is 6.28. The van der Waals surface area contributed by atoms with Crippen LogP contribution in [0.1, 0.15) is 55.9 Å². The van der Waals surface area contributed by atoms with E-state index >= 15 is 0 Å². The molecule has 1 aliphatic rings. The third kappa shape index (κ3) is 4.84. The first-order valence-electron chi connectivity index (χ1n) is 13.4. The zero-order valence-electron chi connectivity index (χ0n) is 22.2. The molecule has 10 nitrogen and oxygen atoms in total. The van der Waals surface area contributed by atoms with E-state index < -0.39 is 0 Å². The molecule has 0 aliphatic carbocycles. The SMILES string of the molecule is Cc1cc2nccc(N3CCC(c4nc(C(=O)Nc5nc6ccc(C(=O)c7ccccc7)cc6[nH]5)cs4)CC3)n2n1. The number of aromatic amines is 1. The van der Waals surface area contributed by atoms with Crippen LogP contribution in [-0.4, -0.2) is 54.3 Å². The molecular weight excluding hydrogens is 536 g/mol. The van der Waals surface area contributed by atoms with Gasteiger partial charge in [-0.1, -0.05) is 30.3 Å². The second kappa shape index (κ2) is 10.3. The standard InChI is InChI=1S/C30H26N8O2S/c1-18-15-25-31-12-9-26(38(25)36-18)37-13-10-20(11-14-37)29-32-24(17-41-29)28(40)35-30-33-22-8-7-21(16-23(22)34-30)27(39)19-5-3-2-4-6-19/h2-9,12,15-17,20H,10-11,13-14H2,1H3,(H2,33,34,35,40). The van der Waals surface area contributed by atoms with E-state index in [0.717, 1.165) is 48.1 Å². The van der Waals surface area contributed by atoms with Crippen LogP contribution in [0.2, 0.25) is 0 Å². The number of hydrogen-bond donors (Lipinski definition) is 2. The van der Waals surface area contributed by atoms with Gasteiger partial charge in [-0.25, -0.2) is 15.0 Å². The average Bonchev–Trinajstić information content (AvgIpc) is 3.74. The van der Waals surface area contributed by atoms with Crippen molar-refractivity contribution in [3.63, 3.8) is 0 Å². The number of piperidine rings is 1. The summed E-state index contributed by atoms with van der Waals surface area (Å²) in [5.41, 5.74) is 4.66. The molecule has 0 unspecified atom stereocenters. The second-order valence-corrected chi connectivity index (χ2v) is 11.0. The number of nitrogens with zero attached hydrogens (tertiary/aromatic N) is 6. The Labute approximate surface area is 239 Å². The number of H-pyrrole nitrogens is 1. The lowest BCUT2D eigenvalue weighted by atomic mass is 9.97. The summed E-state index contributed by atoms with van der Waals surface area (Å²) in [5.74, 6) is 1.26. The van der Waals surface area contributed by atoms with Crippen LogP contribution >= 0.6 is 11.3 Å². The van der Waals surface area contributed by atoms with E-state index in [4.69, 9.17) is 0 Å². The van der Waals surface area contributed by atoms with Gasteiger partial charge in [0.25, 0.3) is 5.91 Å². The van der Waals surface area contributed by atoms with Crippen LogP contribution in [0.25, 0.3) is 16.7 Å². The van der Waals surface area contributed by atoms with Crippen LogP contribution in [0.4, 0.5) is 11.8 Å². The quantitative estimate of drug-likeness (QED) is 0.266. The van der Waals surface area contributed by atoms with E-state index in [0.29, 0.717) is 39.7 Å². The fraction of sp³-hybridized carbons (Fsp3) is 0.200. The lowest BCUT2D eigenvalue weighted by Gasteiger charge is -2.32. The largest absolute Gasteiger partial charge is 0.356 e. The first-order chi connectivity index (χ1) is 20.0. The molecule has 0 saturated carbocycles. The number of rotatable bonds is 6. The Balaban J connectivity index is 1.01. The minimum absolute atomic E-state index is 0.0703. The van der Waals surface area contributed by atoms with Gasteiger partial charge in [0.05, 0.1) is 21.7 Å². The van der Waals surface area contributed by atoms with Crippen molar-refractivity contribution in [2.75, 3.05) is 23.3 Å². The average molecular weight is 563 g/mol. The van der Waals surface area contributed by atoms with Crippen molar-refractivity contribution in [2.24, 2.45) is 0 Å². The van der Waals surface area contributed by atoms with Crippen molar-refractivity contribution in [2.45, 2.75) is 25.7 Å². The predicted molar refractivity (Wildman–Crippen MR) is 158 cm³/mol. The Kier molecular flexibility index (Phi) is 6.27. The summed E-state index contributed by atoms with van der Waals surface area (Å²) in [6, 6.07) is 18.4. The zero-order valence-corrected chi connectivity index (χ0v) is 23.1. The molecule has 0 radical (unpaired) electrons. The number of aryl methyl sites for hydroxylation is 1. The molecular formula is C30H26N8O2S. The Bertz CT molecular complexity index is 1900. The van der Waals surface area contributed by atoms with Gasteiger partial charge in [0.1, 0.15) is 11.5 Å². The highest BCUT2D eigenvalue weighted by Gasteiger charge is 2.26. The number of amides is 1. The van der Waals surface area contributed by atoms with Gasteiger partial charge in [0, 0.05) is 47.8 Å². The van der Waals surface area contributed by atoms with Crippen LogP contribution in [0.15, 0.2) is 72.2 Å². The number of fused-ring (bicyclic) bond motifs is 2. The molecule has 11 heteroatoms. The van der Waals surface area contributed by atoms with E-state index in [2.05, 4.69) is 35.3 Å². The molecule has 1 amide bonds. The van der Waals surface area contributed by atoms with Gasteiger partial charge in [-0.2, -0.15) is 9.61 Å². The number of hydrogen-bond acceptors (Lipinski definition) is 8. The number of anilines is 2. The van der Waals surface area contributed by atoms with Gasteiger partial charge in [-0.15, -0.1) is 11.3 Å². The molecule has 204 valence electrons. The summed E-state index contributed by atoms with van der Waals surface area (Å²) in [6.45, 7) is 3.72. The third-order valence-electron chi connectivity index (χ3n) is 7.39. The summed E-state index contributed by atoms with van der Waals surface area (Å²) >= 11 is 1.52. The number of ketones is 1. The van der Waals surface area contributed by atoms with Crippen molar-refractivity contribution < 1.29 is 9.59 Å². The summed E-state index contributed by atoms with van der Waals surface area (Å²) in [7, 11) is 0. The maximum absolute atomic E-state index is 13.0.